The van der Waals surface area contributed by atoms with Crippen LogP contribution in [-0.2, 0) is 28.5 Å². The molecule has 0 aromatic carbocycles. The van der Waals surface area contributed by atoms with E-state index in [-0.39, 0.29) is 32.0 Å². The van der Waals surface area contributed by atoms with Crippen LogP contribution in [-0.4, -0.2) is 89.0 Å². The third-order valence-corrected chi connectivity index (χ3v) is 10.2. The molecule has 10 heteroatoms. The summed E-state index contributed by atoms with van der Waals surface area (Å²) in [4.78, 5) is 25.2. The number of unbranched alkanes of at least 4 members (excludes halogenated alkanes) is 25. The Balaban J connectivity index is 2.34. The highest BCUT2D eigenvalue weighted by Crippen LogP contribution is 2.23. The molecule has 1 aliphatic heterocycles. The maximum atomic E-state index is 12.7. The second-order valence-corrected chi connectivity index (χ2v) is 15.2. The fraction of sp³-hybridized carbons (Fsp3) is 0.952. The number of hydrogen-bond donors (Lipinski definition) is 4. The normalized spacial score (nSPS) is 20.9. The van der Waals surface area contributed by atoms with Crippen LogP contribution in [0.1, 0.15) is 200 Å². The molecule has 1 rings (SSSR count). The maximum absolute atomic E-state index is 12.7. The lowest BCUT2D eigenvalue weighted by molar-refractivity contribution is -0.305. The summed E-state index contributed by atoms with van der Waals surface area (Å²) < 4.78 is 22.1. The van der Waals surface area contributed by atoms with Crippen LogP contribution in [0, 0.1) is 0 Å². The first-order valence-electron chi connectivity index (χ1n) is 21.6. The summed E-state index contributed by atoms with van der Waals surface area (Å²) in [7, 11) is 0. The Morgan fingerprint density at radius 2 is 0.904 bits per heavy atom. The third kappa shape index (κ3) is 25.7. The SMILES string of the molecule is CCCCCCCCCCCCCCCCC(=O)O[C@H](COC(=O)CCCCCCCCCCCCCCC)CO[C@@H]1O[C@H](CO)[C@H](O)C(O)C1O. The molecule has 1 fully saturated rings. The minimum absolute atomic E-state index is 0.209. The van der Waals surface area contributed by atoms with Gasteiger partial charge in [0.25, 0.3) is 0 Å². The average molecular weight is 745 g/mol. The van der Waals surface area contributed by atoms with E-state index in [2.05, 4.69) is 13.8 Å². The van der Waals surface area contributed by atoms with E-state index >= 15 is 0 Å². The van der Waals surface area contributed by atoms with Gasteiger partial charge in [-0.15, -0.1) is 0 Å². The van der Waals surface area contributed by atoms with Crippen LogP contribution in [0.15, 0.2) is 0 Å². The van der Waals surface area contributed by atoms with Gasteiger partial charge >= 0.3 is 11.9 Å². The van der Waals surface area contributed by atoms with Crippen molar-refractivity contribution in [2.24, 2.45) is 0 Å². The van der Waals surface area contributed by atoms with Crippen molar-refractivity contribution in [2.45, 2.75) is 237 Å². The number of carbonyl (C=O) groups excluding carboxylic acids is 2. The summed E-state index contributed by atoms with van der Waals surface area (Å²) in [6, 6.07) is 0. The zero-order chi connectivity index (χ0) is 38.1. The highest BCUT2D eigenvalue weighted by molar-refractivity contribution is 5.70. The van der Waals surface area contributed by atoms with E-state index in [1.165, 1.54) is 128 Å². The number of carbonyl (C=O) groups is 2. The van der Waals surface area contributed by atoms with E-state index < -0.39 is 49.4 Å². The van der Waals surface area contributed by atoms with Gasteiger partial charge in [-0.1, -0.05) is 174 Å². The van der Waals surface area contributed by atoms with Crippen LogP contribution in [0.5, 0.6) is 0 Å². The first-order valence-corrected chi connectivity index (χ1v) is 21.6. The average Bonchev–Trinajstić information content (AvgIpc) is 3.14. The molecule has 10 nitrogen and oxygen atoms in total. The van der Waals surface area contributed by atoms with Gasteiger partial charge in [0.05, 0.1) is 13.2 Å². The predicted octanol–water partition coefficient (Wildman–Crippen LogP) is 8.61. The van der Waals surface area contributed by atoms with Gasteiger partial charge in [0.2, 0.25) is 0 Å². The van der Waals surface area contributed by atoms with Crippen LogP contribution in [0.2, 0.25) is 0 Å². The summed E-state index contributed by atoms with van der Waals surface area (Å²) in [6.45, 7) is 3.44. The molecule has 0 radical (unpaired) electrons. The summed E-state index contributed by atoms with van der Waals surface area (Å²) >= 11 is 0. The second-order valence-electron chi connectivity index (χ2n) is 15.2. The predicted molar refractivity (Wildman–Crippen MR) is 206 cm³/mol. The Morgan fingerprint density at radius 1 is 0.519 bits per heavy atom. The molecule has 0 saturated carbocycles. The van der Waals surface area contributed by atoms with Gasteiger partial charge in [0, 0.05) is 12.8 Å². The number of aliphatic hydroxyl groups excluding tert-OH is 4. The summed E-state index contributed by atoms with van der Waals surface area (Å²) in [5.74, 6) is -0.794. The summed E-state index contributed by atoms with van der Waals surface area (Å²) in [5.41, 5.74) is 0. The van der Waals surface area contributed by atoms with E-state index in [0.717, 1.165) is 38.5 Å². The standard InChI is InChI=1S/C42H80O10/c1-3-5-7-9-11-13-15-17-19-21-23-25-27-29-31-38(45)51-35(34-50-42-41(48)40(47)39(46)36(32-43)52-42)33-49-37(44)30-28-26-24-22-20-18-16-14-12-10-8-6-4-2/h35-36,39-43,46-48H,3-34H2,1-2H3/t35-,36-,39+,40?,41?,42-/m1/s1. The number of rotatable bonds is 36. The Kier molecular flexibility index (Phi) is 32.1. The molecule has 1 heterocycles. The third-order valence-electron chi connectivity index (χ3n) is 10.2. The quantitative estimate of drug-likeness (QED) is 0.0363. The lowest BCUT2D eigenvalue weighted by atomic mass is 9.99. The molecule has 0 aromatic heterocycles. The molecule has 0 aromatic rings. The maximum Gasteiger partial charge on any atom is 0.306 e. The molecule has 2 unspecified atom stereocenters. The van der Waals surface area contributed by atoms with Gasteiger partial charge in [-0.25, -0.2) is 0 Å². The molecule has 0 amide bonds. The van der Waals surface area contributed by atoms with E-state index in [9.17, 15) is 30.0 Å². The Bertz CT molecular complexity index is 825. The monoisotopic (exact) mass is 745 g/mol. The Morgan fingerprint density at radius 3 is 1.31 bits per heavy atom. The van der Waals surface area contributed by atoms with E-state index in [0.29, 0.717) is 6.42 Å². The van der Waals surface area contributed by atoms with Gasteiger partial charge in [0.15, 0.2) is 12.4 Å². The molecular formula is C42H80O10. The van der Waals surface area contributed by atoms with Crippen molar-refractivity contribution >= 4 is 11.9 Å². The van der Waals surface area contributed by atoms with Gasteiger partial charge in [-0.05, 0) is 12.8 Å². The minimum Gasteiger partial charge on any atom is -0.462 e. The highest BCUT2D eigenvalue weighted by atomic mass is 16.7. The van der Waals surface area contributed by atoms with Crippen LogP contribution in [0.4, 0.5) is 0 Å². The second kappa shape index (κ2) is 34.2. The van der Waals surface area contributed by atoms with Crippen molar-refractivity contribution in [3.8, 4) is 0 Å². The minimum atomic E-state index is -1.59. The zero-order valence-electron chi connectivity index (χ0n) is 33.3. The van der Waals surface area contributed by atoms with Crippen molar-refractivity contribution in [3.63, 3.8) is 0 Å². The van der Waals surface area contributed by atoms with Crippen LogP contribution >= 0.6 is 0 Å². The van der Waals surface area contributed by atoms with Gasteiger partial charge in [-0.3, -0.25) is 9.59 Å². The van der Waals surface area contributed by atoms with Gasteiger partial charge < -0.3 is 39.4 Å². The van der Waals surface area contributed by atoms with Crippen LogP contribution in [0.25, 0.3) is 0 Å². The van der Waals surface area contributed by atoms with Crippen molar-refractivity contribution < 1.29 is 49.0 Å². The smallest absolute Gasteiger partial charge is 0.306 e. The molecule has 0 aliphatic carbocycles. The van der Waals surface area contributed by atoms with Gasteiger partial charge in [0.1, 0.15) is 31.0 Å². The fourth-order valence-corrected chi connectivity index (χ4v) is 6.78. The van der Waals surface area contributed by atoms with Crippen molar-refractivity contribution in [1.29, 1.82) is 0 Å². The lowest BCUT2D eigenvalue weighted by Gasteiger charge is -2.39. The van der Waals surface area contributed by atoms with E-state index in [4.69, 9.17) is 18.9 Å². The molecular weight excluding hydrogens is 664 g/mol. The Labute approximate surface area is 317 Å². The van der Waals surface area contributed by atoms with E-state index in [1.54, 1.807) is 0 Å². The molecule has 6 atom stereocenters. The van der Waals surface area contributed by atoms with Crippen molar-refractivity contribution in [3.05, 3.63) is 0 Å². The number of ether oxygens (including phenoxy) is 4. The van der Waals surface area contributed by atoms with Crippen molar-refractivity contribution in [2.75, 3.05) is 19.8 Å². The summed E-state index contributed by atoms with van der Waals surface area (Å²) in [5, 5.41) is 40.0. The first-order chi connectivity index (χ1) is 25.3. The molecule has 52 heavy (non-hydrogen) atoms. The van der Waals surface area contributed by atoms with Crippen LogP contribution in [0.3, 0.4) is 0 Å². The van der Waals surface area contributed by atoms with Crippen LogP contribution < -0.4 is 0 Å². The summed E-state index contributed by atoms with van der Waals surface area (Å²) in [6.07, 6.45) is 25.3. The van der Waals surface area contributed by atoms with E-state index in [1.807, 2.05) is 0 Å². The number of aliphatic hydroxyl groups is 4. The number of esters is 2. The largest absolute Gasteiger partial charge is 0.462 e. The number of hydrogen-bond acceptors (Lipinski definition) is 10. The zero-order valence-corrected chi connectivity index (χ0v) is 33.3. The first kappa shape index (κ1) is 48.7. The fourth-order valence-electron chi connectivity index (χ4n) is 6.78. The Hall–Kier alpha value is -1.30. The van der Waals surface area contributed by atoms with Crippen molar-refractivity contribution in [1.82, 2.24) is 0 Å². The molecule has 1 aliphatic rings. The molecule has 4 N–H and O–H groups in total. The molecule has 0 bridgehead atoms. The highest BCUT2D eigenvalue weighted by Gasteiger charge is 2.44. The molecule has 1 saturated heterocycles. The topological polar surface area (TPSA) is 152 Å². The molecule has 0 spiro atoms. The molecule has 308 valence electrons. The lowest BCUT2D eigenvalue weighted by Crippen LogP contribution is -2.59. The van der Waals surface area contributed by atoms with Gasteiger partial charge in [-0.2, -0.15) is 0 Å².